The van der Waals surface area contributed by atoms with Crippen LogP contribution >= 0.6 is 0 Å². The van der Waals surface area contributed by atoms with Gasteiger partial charge in [-0.1, -0.05) is 19.3 Å². The molecule has 104 valence electrons. The molecule has 3 aliphatic rings. The summed E-state index contributed by atoms with van der Waals surface area (Å²) in [6, 6.07) is 0.744. The Kier molecular flexibility index (Phi) is 4.22. The second-order valence-corrected chi connectivity index (χ2v) is 6.47. The molecule has 0 aromatic heterocycles. The highest BCUT2D eigenvalue weighted by Gasteiger charge is 2.35. The molecular formula is C15H28N2O. The van der Waals surface area contributed by atoms with Crippen molar-refractivity contribution in [1.29, 1.82) is 0 Å². The van der Waals surface area contributed by atoms with Gasteiger partial charge in [0.05, 0.1) is 12.2 Å². The standard InChI is InChI=1S/C15H28N2O/c1-16-15-6-4-2-3-5-12(15)9-17-10-13-7-8-14(11-17)18-13/h12-16H,2-11H2,1H3. The van der Waals surface area contributed by atoms with Gasteiger partial charge in [0.15, 0.2) is 0 Å². The molecule has 4 atom stereocenters. The molecule has 4 unspecified atom stereocenters. The van der Waals surface area contributed by atoms with Crippen LogP contribution in [0.1, 0.15) is 44.9 Å². The largest absolute Gasteiger partial charge is 0.372 e. The first-order valence-corrected chi connectivity index (χ1v) is 7.90. The molecule has 0 radical (unpaired) electrons. The zero-order valence-corrected chi connectivity index (χ0v) is 11.7. The number of likely N-dealkylation sites (tertiary alicyclic amines) is 1. The summed E-state index contributed by atoms with van der Waals surface area (Å²) in [6.45, 7) is 3.66. The van der Waals surface area contributed by atoms with Crippen molar-refractivity contribution in [3.05, 3.63) is 0 Å². The predicted molar refractivity (Wildman–Crippen MR) is 73.8 cm³/mol. The molecule has 3 heteroatoms. The van der Waals surface area contributed by atoms with E-state index in [4.69, 9.17) is 4.74 Å². The molecule has 2 aliphatic heterocycles. The fraction of sp³-hybridized carbons (Fsp3) is 1.00. The van der Waals surface area contributed by atoms with Crippen LogP contribution in [0.3, 0.4) is 0 Å². The monoisotopic (exact) mass is 252 g/mol. The molecule has 0 amide bonds. The second kappa shape index (κ2) is 5.89. The van der Waals surface area contributed by atoms with E-state index in [2.05, 4.69) is 17.3 Å². The zero-order chi connectivity index (χ0) is 12.4. The maximum absolute atomic E-state index is 5.94. The number of hydrogen-bond acceptors (Lipinski definition) is 3. The molecule has 1 aliphatic carbocycles. The molecule has 2 heterocycles. The Balaban J connectivity index is 1.56. The van der Waals surface area contributed by atoms with Gasteiger partial charge >= 0.3 is 0 Å². The van der Waals surface area contributed by atoms with Crippen molar-refractivity contribution in [3.63, 3.8) is 0 Å². The van der Waals surface area contributed by atoms with Gasteiger partial charge < -0.3 is 10.1 Å². The number of fused-ring (bicyclic) bond motifs is 2. The minimum atomic E-state index is 0.544. The molecule has 18 heavy (non-hydrogen) atoms. The average Bonchev–Trinajstić information content (AvgIpc) is 2.61. The maximum Gasteiger partial charge on any atom is 0.0707 e. The molecule has 3 nitrogen and oxygen atoms in total. The molecule has 1 saturated carbocycles. The Labute approximate surface area is 111 Å². The lowest BCUT2D eigenvalue weighted by molar-refractivity contribution is -0.0441. The first-order chi connectivity index (χ1) is 8.85. The van der Waals surface area contributed by atoms with E-state index in [0.29, 0.717) is 12.2 Å². The molecule has 0 spiro atoms. The normalized spacial score (nSPS) is 41.8. The highest BCUT2D eigenvalue weighted by molar-refractivity contribution is 4.88. The van der Waals surface area contributed by atoms with E-state index in [0.717, 1.165) is 12.0 Å². The Morgan fingerprint density at radius 1 is 1.00 bits per heavy atom. The Morgan fingerprint density at radius 2 is 1.72 bits per heavy atom. The molecule has 3 rings (SSSR count). The zero-order valence-electron chi connectivity index (χ0n) is 11.7. The summed E-state index contributed by atoms with van der Waals surface area (Å²) in [5.74, 6) is 0.856. The summed E-state index contributed by atoms with van der Waals surface area (Å²) in [6.07, 6.45) is 10.7. The van der Waals surface area contributed by atoms with Gasteiger partial charge in [-0.3, -0.25) is 4.90 Å². The fourth-order valence-electron chi connectivity index (χ4n) is 4.16. The van der Waals surface area contributed by atoms with E-state index in [1.54, 1.807) is 0 Å². The van der Waals surface area contributed by atoms with Crippen molar-refractivity contribution in [2.75, 3.05) is 26.7 Å². The van der Waals surface area contributed by atoms with Gasteiger partial charge in [-0.05, 0) is 38.6 Å². The Hall–Kier alpha value is -0.120. The van der Waals surface area contributed by atoms with E-state index in [1.807, 2.05) is 0 Å². The molecule has 2 saturated heterocycles. The number of rotatable bonds is 3. The minimum Gasteiger partial charge on any atom is -0.372 e. The van der Waals surface area contributed by atoms with Gasteiger partial charge in [0.2, 0.25) is 0 Å². The molecular weight excluding hydrogens is 224 g/mol. The van der Waals surface area contributed by atoms with Crippen LogP contribution in [-0.4, -0.2) is 49.8 Å². The summed E-state index contributed by atoms with van der Waals surface area (Å²) in [5, 5.41) is 3.56. The molecule has 0 aromatic carbocycles. The molecule has 3 fully saturated rings. The summed E-state index contributed by atoms with van der Waals surface area (Å²) in [4.78, 5) is 2.69. The van der Waals surface area contributed by atoms with Gasteiger partial charge in [0.25, 0.3) is 0 Å². The van der Waals surface area contributed by atoms with Crippen molar-refractivity contribution in [3.8, 4) is 0 Å². The lowest BCUT2D eigenvalue weighted by Gasteiger charge is -2.36. The summed E-state index contributed by atoms with van der Waals surface area (Å²) in [7, 11) is 2.14. The minimum absolute atomic E-state index is 0.544. The van der Waals surface area contributed by atoms with Gasteiger partial charge in [-0.25, -0.2) is 0 Å². The van der Waals surface area contributed by atoms with Crippen LogP contribution in [0.5, 0.6) is 0 Å². The van der Waals surface area contributed by atoms with Crippen LogP contribution in [0.25, 0.3) is 0 Å². The Morgan fingerprint density at radius 3 is 2.44 bits per heavy atom. The highest BCUT2D eigenvalue weighted by atomic mass is 16.5. The SMILES string of the molecule is CNC1CCCCCC1CN1CC2CCC(C1)O2. The van der Waals surface area contributed by atoms with Crippen LogP contribution in [-0.2, 0) is 4.74 Å². The summed E-state index contributed by atoms with van der Waals surface area (Å²) in [5.41, 5.74) is 0. The maximum atomic E-state index is 5.94. The van der Waals surface area contributed by atoms with Crippen molar-refractivity contribution < 1.29 is 4.74 Å². The van der Waals surface area contributed by atoms with E-state index in [1.165, 1.54) is 64.6 Å². The lowest BCUT2D eigenvalue weighted by Crippen LogP contribution is -2.47. The third kappa shape index (κ3) is 2.89. The molecule has 2 bridgehead atoms. The fourth-order valence-corrected chi connectivity index (χ4v) is 4.16. The van der Waals surface area contributed by atoms with Gasteiger partial charge in [-0.2, -0.15) is 0 Å². The van der Waals surface area contributed by atoms with E-state index in [9.17, 15) is 0 Å². The van der Waals surface area contributed by atoms with Crippen LogP contribution in [0.4, 0.5) is 0 Å². The summed E-state index contributed by atoms with van der Waals surface area (Å²) < 4.78 is 5.94. The van der Waals surface area contributed by atoms with E-state index in [-0.39, 0.29) is 0 Å². The number of hydrogen-bond donors (Lipinski definition) is 1. The first-order valence-electron chi connectivity index (χ1n) is 7.90. The van der Waals surface area contributed by atoms with Crippen molar-refractivity contribution in [2.45, 2.75) is 63.2 Å². The van der Waals surface area contributed by atoms with E-state index < -0.39 is 0 Å². The quantitative estimate of drug-likeness (QED) is 0.778. The third-order valence-electron chi connectivity index (χ3n) is 5.14. The predicted octanol–water partition coefficient (Wildman–Crippen LogP) is 2.02. The summed E-state index contributed by atoms with van der Waals surface area (Å²) >= 11 is 0. The van der Waals surface area contributed by atoms with Crippen LogP contribution in [0, 0.1) is 5.92 Å². The van der Waals surface area contributed by atoms with Crippen molar-refractivity contribution >= 4 is 0 Å². The van der Waals surface area contributed by atoms with Gasteiger partial charge in [-0.15, -0.1) is 0 Å². The van der Waals surface area contributed by atoms with E-state index >= 15 is 0 Å². The van der Waals surface area contributed by atoms with Crippen LogP contribution in [0.15, 0.2) is 0 Å². The molecule has 1 N–H and O–H groups in total. The number of ether oxygens (including phenoxy) is 1. The average molecular weight is 252 g/mol. The number of morpholine rings is 1. The first kappa shape index (κ1) is 12.9. The third-order valence-corrected chi connectivity index (χ3v) is 5.14. The number of nitrogens with one attached hydrogen (secondary N) is 1. The van der Waals surface area contributed by atoms with Crippen molar-refractivity contribution in [2.24, 2.45) is 5.92 Å². The number of nitrogens with zero attached hydrogens (tertiary/aromatic N) is 1. The topological polar surface area (TPSA) is 24.5 Å². The highest BCUT2D eigenvalue weighted by Crippen LogP contribution is 2.29. The smallest absolute Gasteiger partial charge is 0.0707 e. The van der Waals surface area contributed by atoms with Crippen LogP contribution < -0.4 is 5.32 Å². The van der Waals surface area contributed by atoms with Gasteiger partial charge in [0, 0.05) is 25.7 Å². The van der Waals surface area contributed by atoms with Gasteiger partial charge in [0.1, 0.15) is 0 Å². The lowest BCUT2D eigenvalue weighted by atomic mass is 9.94. The van der Waals surface area contributed by atoms with Crippen molar-refractivity contribution in [1.82, 2.24) is 10.2 Å². The Bertz CT molecular complexity index is 259. The van der Waals surface area contributed by atoms with Crippen LogP contribution in [0.2, 0.25) is 0 Å². The molecule has 0 aromatic rings. The second-order valence-electron chi connectivity index (χ2n) is 6.47.